The van der Waals surface area contributed by atoms with Crippen LogP contribution in [0.15, 0.2) is 12.4 Å². The number of amides is 3. The molecule has 1 aliphatic heterocycles. The number of nitrogens with one attached hydrogen (secondary N) is 2. The van der Waals surface area contributed by atoms with Crippen molar-refractivity contribution in [3.63, 3.8) is 0 Å². The van der Waals surface area contributed by atoms with Gasteiger partial charge in [-0.1, -0.05) is 0 Å². The molecule has 0 radical (unpaired) electrons. The summed E-state index contributed by atoms with van der Waals surface area (Å²) in [6.07, 6.45) is 3.29. The molecule has 2 rings (SSSR count). The minimum Gasteiger partial charge on any atom is -0.350 e. The Hall–Kier alpha value is -2.31. The zero-order chi connectivity index (χ0) is 13.8. The second-order valence-electron chi connectivity index (χ2n) is 4.44. The Kier molecular flexibility index (Phi) is 3.84. The molecule has 2 heterocycles. The van der Waals surface area contributed by atoms with Gasteiger partial charge in [0, 0.05) is 19.0 Å². The average molecular weight is 262 g/mol. The lowest BCUT2D eigenvalue weighted by molar-refractivity contribution is -0.129. The molecule has 19 heavy (non-hydrogen) atoms. The van der Waals surface area contributed by atoms with Crippen LogP contribution in [0.1, 0.15) is 24.2 Å². The van der Waals surface area contributed by atoms with Crippen LogP contribution in [0.2, 0.25) is 0 Å². The van der Waals surface area contributed by atoms with E-state index in [0.29, 0.717) is 5.69 Å². The summed E-state index contributed by atoms with van der Waals surface area (Å²) in [5.41, 5.74) is 1.45. The van der Waals surface area contributed by atoms with E-state index in [1.165, 1.54) is 0 Å². The summed E-state index contributed by atoms with van der Waals surface area (Å²) in [5, 5.41) is 4.82. The lowest BCUT2D eigenvalue weighted by Crippen LogP contribution is -2.28. The van der Waals surface area contributed by atoms with E-state index in [9.17, 15) is 14.4 Å². The van der Waals surface area contributed by atoms with E-state index in [0.717, 1.165) is 5.69 Å². The Balaban J connectivity index is 1.80. The molecule has 100 valence electrons. The molecule has 0 bridgehead atoms. The van der Waals surface area contributed by atoms with Gasteiger partial charge >= 0.3 is 0 Å². The van der Waals surface area contributed by atoms with Crippen molar-refractivity contribution in [1.29, 1.82) is 0 Å². The first kappa shape index (κ1) is 13.1. The molecule has 1 atom stereocenters. The number of hydrogen-bond donors (Lipinski definition) is 2. The van der Waals surface area contributed by atoms with Gasteiger partial charge in [-0.3, -0.25) is 29.7 Å². The Morgan fingerprint density at radius 2 is 2.21 bits per heavy atom. The summed E-state index contributed by atoms with van der Waals surface area (Å²) in [6, 6.07) is 0. The fraction of sp³-hybridized carbons (Fsp3) is 0.417. The van der Waals surface area contributed by atoms with Gasteiger partial charge in [0.2, 0.25) is 17.7 Å². The van der Waals surface area contributed by atoms with E-state index in [1.54, 1.807) is 12.4 Å². The summed E-state index contributed by atoms with van der Waals surface area (Å²) >= 11 is 0. The van der Waals surface area contributed by atoms with Gasteiger partial charge in [-0.05, 0) is 6.92 Å². The monoisotopic (exact) mass is 262 g/mol. The van der Waals surface area contributed by atoms with E-state index < -0.39 is 5.92 Å². The quantitative estimate of drug-likeness (QED) is 0.709. The van der Waals surface area contributed by atoms with Crippen molar-refractivity contribution < 1.29 is 14.4 Å². The molecule has 0 aliphatic carbocycles. The standard InChI is InChI=1S/C12H14N4O3/c1-7-4-14-9(5-13-7)6-15-10(17)2-8-3-11(18)16-12(8)19/h4-5,8H,2-3,6H2,1H3,(H,15,17)(H,16,18,19). The molecule has 0 spiro atoms. The third kappa shape index (κ3) is 3.57. The van der Waals surface area contributed by atoms with Crippen LogP contribution in [-0.2, 0) is 20.9 Å². The number of hydrogen-bond acceptors (Lipinski definition) is 5. The van der Waals surface area contributed by atoms with Gasteiger partial charge in [0.25, 0.3) is 0 Å². The summed E-state index contributed by atoms with van der Waals surface area (Å²) in [5.74, 6) is -1.55. The van der Waals surface area contributed by atoms with Crippen LogP contribution < -0.4 is 10.6 Å². The summed E-state index contributed by atoms with van der Waals surface area (Å²) in [7, 11) is 0. The van der Waals surface area contributed by atoms with Gasteiger partial charge in [0.15, 0.2) is 0 Å². The molecule has 1 aromatic heterocycles. The predicted molar refractivity (Wildman–Crippen MR) is 64.5 cm³/mol. The molecule has 1 aromatic rings. The van der Waals surface area contributed by atoms with Crippen molar-refractivity contribution in [2.24, 2.45) is 5.92 Å². The van der Waals surface area contributed by atoms with E-state index in [-0.39, 0.29) is 37.1 Å². The maximum Gasteiger partial charge on any atom is 0.230 e. The van der Waals surface area contributed by atoms with Gasteiger partial charge in [-0.15, -0.1) is 0 Å². The summed E-state index contributed by atoms with van der Waals surface area (Å²) in [4.78, 5) is 42.1. The van der Waals surface area contributed by atoms with E-state index in [2.05, 4.69) is 20.6 Å². The predicted octanol–water partition coefficient (Wildman–Crippen LogP) is -0.546. The number of carbonyl (C=O) groups excluding carboxylic acids is 3. The van der Waals surface area contributed by atoms with Gasteiger partial charge in [0.05, 0.1) is 30.0 Å². The fourth-order valence-electron chi connectivity index (χ4n) is 1.77. The lowest BCUT2D eigenvalue weighted by atomic mass is 10.0. The largest absolute Gasteiger partial charge is 0.350 e. The zero-order valence-corrected chi connectivity index (χ0v) is 10.5. The third-order valence-corrected chi connectivity index (χ3v) is 2.80. The fourth-order valence-corrected chi connectivity index (χ4v) is 1.77. The van der Waals surface area contributed by atoms with Gasteiger partial charge in [-0.25, -0.2) is 0 Å². The van der Waals surface area contributed by atoms with Crippen LogP contribution in [0.5, 0.6) is 0 Å². The van der Waals surface area contributed by atoms with Crippen molar-refractivity contribution in [2.75, 3.05) is 0 Å². The average Bonchev–Trinajstić information content (AvgIpc) is 2.67. The molecule has 7 heteroatoms. The molecule has 1 fully saturated rings. The normalized spacial score (nSPS) is 18.3. The van der Waals surface area contributed by atoms with Crippen LogP contribution in [-0.4, -0.2) is 27.7 Å². The highest BCUT2D eigenvalue weighted by molar-refractivity contribution is 6.04. The number of imide groups is 1. The zero-order valence-electron chi connectivity index (χ0n) is 10.5. The molecule has 1 unspecified atom stereocenters. The topological polar surface area (TPSA) is 101 Å². The number of carbonyl (C=O) groups is 3. The maximum atomic E-state index is 11.6. The first-order chi connectivity index (χ1) is 9.04. The summed E-state index contributed by atoms with van der Waals surface area (Å²) < 4.78 is 0. The first-order valence-electron chi connectivity index (χ1n) is 5.92. The van der Waals surface area contributed by atoms with Crippen molar-refractivity contribution in [3.8, 4) is 0 Å². The van der Waals surface area contributed by atoms with Crippen molar-refractivity contribution in [2.45, 2.75) is 26.3 Å². The van der Waals surface area contributed by atoms with Gasteiger partial charge < -0.3 is 5.32 Å². The van der Waals surface area contributed by atoms with E-state index in [1.807, 2.05) is 6.92 Å². The van der Waals surface area contributed by atoms with E-state index in [4.69, 9.17) is 0 Å². The van der Waals surface area contributed by atoms with Crippen LogP contribution in [0.3, 0.4) is 0 Å². The molecule has 1 saturated heterocycles. The third-order valence-electron chi connectivity index (χ3n) is 2.80. The maximum absolute atomic E-state index is 11.6. The number of nitrogens with zero attached hydrogens (tertiary/aromatic N) is 2. The van der Waals surface area contributed by atoms with Crippen LogP contribution >= 0.6 is 0 Å². The molecule has 1 aliphatic rings. The Bertz CT molecular complexity index is 512. The first-order valence-corrected chi connectivity index (χ1v) is 5.92. The molecule has 3 amide bonds. The molecule has 7 nitrogen and oxygen atoms in total. The Morgan fingerprint density at radius 1 is 1.42 bits per heavy atom. The van der Waals surface area contributed by atoms with Crippen molar-refractivity contribution in [3.05, 3.63) is 23.8 Å². The van der Waals surface area contributed by atoms with Gasteiger partial charge in [-0.2, -0.15) is 0 Å². The highest BCUT2D eigenvalue weighted by Gasteiger charge is 2.31. The highest BCUT2D eigenvalue weighted by atomic mass is 16.2. The van der Waals surface area contributed by atoms with Crippen LogP contribution in [0, 0.1) is 12.8 Å². The summed E-state index contributed by atoms with van der Waals surface area (Å²) in [6.45, 7) is 2.08. The SMILES string of the molecule is Cc1cnc(CNC(=O)CC2CC(=O)NC2=O)cn1. The lowest BCUT2D eigenvalue weighted by Gasteiger charge is -2.07. The molecular weight excluding hydrogens is 248 g/mol. The van der Waals surface area contributed by atoms with Crippen molar-refractivity contribution >= 4 is 17.7 Å². The van der Waals surface area contributed by atoms with Crippen molar-refractivity contribution in [1.82, 2.24) is 20.6 Å². The second kappa shape index (κ2) is 5.55. The second-order valence-corrected chi connectivity index (χ2v) is 4.44. The minimum atomic E-state index is -0.559. The number of aryl methyl sites for hydroxylation is 1. The number of rotatable bonds is 4. The molecule has 2 N–H and O–H groups in total. The Labute approximate surface area is 109 Å². The minimum absolute atomic E-state index is 0.0108. The Morgan fingerprint density at radius 3 is 2.79 bits per heavy atom. The van der Waals surface area contributed by atoms with E-state index >= 15 is 0 Å². The van der Waals surface area contributed by atoms with Crippen LogP contribution in [0.25, 0.3) is 0 Å². The highest BCUT2D eigenvalue weighted by Crippen LogP contribution is 2.14. The molecule has 0 saturated carbocycles. The van der Waals surface area contributed by atoms with Crippen LogP contribution in [0.4, 0.5) is 0 Å². The smallest absolute Gasteiger partial charge is 0.230 e. The number of aromatic nitrogens is 2. The molecular formula is C12H14N4O3. The molecule has 0 aromatic carbocycles. The van der Waals surface area contributed by atoms with Gasteiger partial charge in [0.1, 0.15) is 0 Å².